The Hall–Kier alpha value is -0.610. The van der Waals surface area contributed by atoms with Crippen molar-refractivity contribution in [3.8, 4) is 0 Å². The Morgan fingerprint density at radius 1 is 1.41 bits per heavy atom. The molecule has 1 amide bonds. The van der Waals surface area contributed by atoms with E-state index in [2.05, 4.69) is 0 Å². The van der Waals surface area contributed by atoms with Crippen molar-refractivity contribution in [3.05, 3.63) is 0 Å². The van der Waals surface area contributed by atoms with Gasteiger partial charge in [0.05, 0.1) is 31.3 Å². The molecule has 0 radical (unpaired) electrons. The fraction of sp³-hybridized carbons (Fsp3) is 0.923. The van der Waals surface area contributed by atoms with E-state index in [0.29, 0.717) is 19.8 Å². The molecule has 1 heterocycles. The summed E-state index contributed by atoms with van der Waals surface area (Å²) in [6.07, 6.45) is 5.11. The molecule has 0 aromatic rings. The number of hydrogen-bond donors (Lipinski definition) is 1. The minimum atomic E-state index is -0.743. The molecule has 2 aliphatic rings. The Morgan fingerprint density at radius 2 is 2.12 bits per heavy atom. The van der Waals surface area contributed by atoms with E-state index >= 15 is 0 Å². The molecule has 1 saturated heterocycles. The van der Waals surface area contributed by atoms with Crippen LogP contribution in [0.4, 0.5) is 0 Å². The third-order valence-corrected chi connectivity index (χ3v) is 3.95. The lowest BCUT2D eigenvalue weighted by Gasteiger charge is -2.37. The van der Waals surface area contributed by atoms with Gasteiger partial charge in [-0.15, -0.1) is 0 Å². The zero-order chi connectivity index (χ0) is 12.3. The normalized spacial score (nSPS) is 29.1. The second-order valence-electron chi connectivity index (χ2n) is 5.47. The molecule has 0 spiro atoms. The number of rotatable bonds is 2. The van der Waals surface area contributed by atoms with Crippen molar-refractivity contribution in [1.82, 2.24) is 4.90 Å². The Kier molecular flexibility index (Phi) is 4.05. The van der Waals surface area contributed by atoms with Gasteiger partial charge in [-0.3, -0.25) is 4.79 Å². The highest BCUT2D eigenvalue weighted by atomic mass is 16.5. The average molecular weight is 241 g/mol. The Bertz CT molecular complexity index is 274. The summed E-state index contributed by atoms with van der Waals surface area (Å²) in [4.78, 5) is 14.0. The highest BCUT2D eigenvalue weighted by Gasteiger charge is 2.34. The van der Waals surface area contributed by atoms with Crippen LogP contribution in [0.1, 0.15) is 45.4 Å². The van der Waals surface area contributed by atoms with Crippen molar-refractivity contribution in [2.75, 3.05) is 19.8 Å². The van der Waals surface area contributed by atoms with Crippen molar-refractivity contribution in [3.63, 3.8) is 0 Å². The standard InChI is InChI=1S/C13H23NO3/c1-11-10-17-8-7-14(11)12(15)9-13(16)5-3-2-4-6-13/h11,16H,2-10H2,1H3. The molecule has 0 bridgehead atoms. The maximum atomic E-state index is 12.2. The fourth-order valence-electron chi connectivity index (χ4n) is 2.87. The van der Waals surface area contributed by atoms with Crippen LogP contribution in [0.5, 0.6) is 0 Å². The van der Waals surface area contributed by atoms with Gasteiger partial charge in [0, 0.05) is 6.54 Å². The molecular weight excluding hydrogens is 218 g/mol. The molecular formula is C13H23NO3. The molecule has 0 aromatic heterocycles. The number of hydrogen-bond acceptors (Lipinski definition) is 3. The summed E-state index contributed by atoms with van der Waals surface area (Å²) in [6, 6.07) is 0.142. The number of aliphatic hydroxyl groups is 1. The van der Waals surface area contributed by atoms with E-state index in [0.717, 1.165) is 25.7 Å². The SMILES string of the molecule is CC1COCCN1C(=O)CC1(O)CCCCC1. The molecule has 4 heteroatoms. The maximum Gasteiger partial charge on any atom is 0.225 e. The summed E-state index contributed by atoms with van der Waals surface area (Å²) in [5, 5.41) is 10.4. The Labute approximate surface area is 103 Å². The van der Waals surface area contributed by atoms with Crippen LogP contribution in [-0.4, -0.2) is 47.3 Å². The molecule has 0 aromatic carbocycles. The molecule has 17 heavy (non-hydrogen) atoms. The minimum absolute atomic E-state index is 0.0881. The predicted octanol–water partition coefficient (Wildman–Crippen LogP) is 1.32. The average Bonchev–Trinajstić information content (AvgIpc) is 2.29. The lowest BCUT2D eigenvalue weighted by molar-refractivity contribution is -0.145. The van der Waals surface area contributed by atoms with E-state index in [4.69, 9.17) is 4.74 Å². The van der Waals surface area contributed by atoms with Crippen LogP contribution in [-0.2, 0) is 9.53 Å². The summed E-state index contributed by atoms with van der Waals surface area (Å²) in [7, 11) is 0. The molecule has 2 fully saturated rings. The summed E-state index contributed by atoms with van der Waals surface area (Å²) in [5.41, 5.74) is -0.743. The van der Waals surface area contributed by atoms with Crippen LogP contribution in [0.25, 0.3) is 0 Å². The van der Waals surface area contributed by atoms with Crippen molar-refractivity contribution >= 4 is 5.91 Å². The number of morpholine rings is 1. The van der Waals surface area contributed by atoms with Crippen LogP contribution in [0.2, 0.25) is 0 Å². The molecule has 1 atom stereocenters. The van der Waals surface area contributed by atoms with Gasteiger partial charge < -0.3 is 14.7 Å². The third-order valence-electron chi connectivity index (χ3n) is 3.95. The molecule has 1 aliphatic carbocycles. The molecule has 98 valence electrons. The molecule has 1 aliphatic heterocycles. The van der Waals surface area contributed by atoms with Gasteiger partial charge in [0.25, 0.3) is 0 Å². The first-order valence-electron chi connectivity index (χ1n) is 6.70. The van der Waals surface area contributed by atoms with E-state index in [1.165, 1.54) is 6.42 Å². The predicted molar refractivity (Wildman–Crippen MR) is 64.6 cm³/mol. The molecule has 1 saturated carbocycles. The number of amides is 1. The lowest BCUT2D eigenvalue weighted by atomic mass is 9.82. The maximum absolute atomic E-state index is 12.2. The topological polar surface area (TPSA) is 49.8 Å². The first-order valence-corrected chi connectivity index (χ1v) is 6.70. The van der Waals surface area contributed by atoms with Crippen molar-refractivity contribution < 1.29 is 14.6 Å². The van der Waals surface area contributed by atoms with Crippen molar-refractivity contribution in [2.24, 2.45) is 0 Å². The fourth-order valence-corrected chi connectivity index (χ4v) is 2.87. The van der Waals surface area contributed by atoms with E-state index in [1.54, 1.807) is 0 Å². The van der Waals surface area contributed by atoms with E-state index in [1.807, 2.05) is 11.8 Å². The summed E-state index contributed by atoms with van der Waals surface area (Å²) in [5.74, 6) is 0.0881. The van der Waals surface area contributed by atoms with E-state index in [-0.39, 0.29) is 18.4 Å². The highest BCUT2D eigenvalue weighted by Crippen LogP contribution is 2.31. The van der Waals surface area contributed by atoms with Crippen LogP contribution < -0.4 is 0 Å². The van der Waals surface area contributed by atoms with E-state index < -0.39 is 5.60 Å². The van der Waals surface area contributed by atoms with Gasteiger partial charge in [0.2, 0.25) is 5.91 Å². The van der Waals surface area contributed by atoms with Crippen molar-refractivity contribution in [2.45, 2.75) is 57.1 Å². The minimum Gasteiger partial charge on any atom is -0.389 e. The Balaban J connectivity index is 1.90. The molecule has 2 rings (SSSR count). The summed E-state index contributed by atoms with van der Waals surface area (Å²) < 4.78 is 5.32. The van der Waals surface area contributed by atoms with Gasteiger partial charge >= 0.3 is 0 Å². The van der Waals surface area contributed by atoms with E-state index in [9.17, 15) is 9.90 Å². The largest absolute Gasteiger partial charge is 0.389 e. The van der Waals surface area contributed by atoms with Crippen LogP contribution in [0, 0.1) is 0 Å². The summed E-state index contributed by atoms with van der Waals surface area (Å²) in [6.45, 7) is 3.90. The number of nitrogens with zero attached hydrogens (tertiary/aromatic N) is 1. The van der Waals surface area contributed by atoms with Crippen LogP contribution in [0.3, 0.4) is 0 Å². The third kappa shape index (κ3) is 3.19. The monoisotopic (exact) mass is 241 g/mol. The first kappa shape index (κ1) is 12.8. The smallest absolute Gasteiger partial charge is 0.225 e. The van der Waals surface area contributed by atoms with Crippen LogP contribution >= 0.6 is 0 Å². The number of ether oxygens (including phenoxy) is 1. The van der Waals surface area contributed by atoms with Gasteiger partial charge in [0.1, 0.15) is 0 Å². The lowest BCUT2D eigenvalue weighted by Crippen LogP contribution is -2.49. The zero-order valence-corrected chi connectivity index (χ0v) is 10.7. The van der Waals surface area contributed by atoms with Gasteiger partial charge in [-0.05, 0) is 19.8 Å². The summed E-state index contributed by atoms with van der Waals surface area (Å²) >= 11 is 0. The van der Waals surface area contributed by atoms with Gasteiger partial charge in [-0.1, -0.05) is 19.3 Å². The highest BCUT2D eigenvalue weighted by molar-refractivity contribution is 5.77. The zero-order valence-electron chi connectivity index (χ0n) is 10.7. The molecule has 4 nitrogen and oxygen atoms in total. The van der Waals surface area contributed by atoms with Gasteiger partial charge in [0.15, 0.2) is 0 Å². The Morgan fingerprint density at radius 3 is 2.76 bits per heavy atom. The second kappa shape index (κ2) is 5.36. The second-order valence-corrected chi connectivity index (χ2v) is 5.47. The van der Waals surface area contributed by atoms with Gasteiger partial charge in [-0.2, -0.15) is 0 Å². The van der Waals surface area contributed by atoms with Gasteiger partial charge in [-0.25, -0.2) is 0 Å². The van der Waals surface area contributed by atoms with Crippen LogP contribution in [0.15, 0.2) is 0 Å². The quantitative estimate of drug-likeness (QED) is 0.793. The molecule has 1 unspecified atom stereocenters. The first-order chi connectivity index (χ1) is 8.11. The number of carbonyl (C=O) groups is 1. The number of carbonyl (C=O) groups excluding carboxylic acids is 1. The molecule has 1 N–H and O–H groups in total. The van der Waals surface area contributed by atoms with Crippen molar-refractivity contribution in [1.29, 1.82) is 0 Å².